The van der Waals surface area contributed by atoms with Crippen LogP contribution in [-0.4, -0.2) is 19.7 Å². The molecule has 1 aromatic carbocycles. The summed E-state index contributed by atoms with van der Waals surface area (Å²) in [6, 6.07) is 12.1. The maximum Gasteiger partial charge on any atom is 0.223 e. The van der Waals surface area contributed by atoms with Crippen molar-refractivity contribution in [3.8, 4) is 5.69 Å². The van der Waals surface area contributed by atoms with Crippen molar-refractivity contribution in [1.29, 1.82) is 0 Å². The fourth-order valence-corrected chi connectivity index (χ4v) is 2.17. The lowest BCUT2D eigenvalue weighted by Gasteiger charge is -2.07. The van der Waals surface area contributed by atoms with E-state index in [-0.39, 0.29) is 0 Å². The number of rotatable bonds is 4. The standard InChI is InChI=1S/C16H17N5/c1-12-10-13(2)20-16(19-12)17-11-14-4-6-15(7-5-14)21-9-3-8-18-21/h3-10H,11H2,1-2H3,(H,17,19,20). The predicted octanol–water partition coefficient (Wildman–Crippen LogP) is 2.89. The number of anilines is 1. The van der Waals surface area contributed by atoms with Crippen molar-refractivity contribution < 1.29 is 0 Å². The summed E-state index contributed by atoms with van der Waals surface area (Å²) in [5.41, 5.74) is 4.16. The number of nitrogens with zero attached hydrogens (tertiary/aromatic N) is 4. The molecule has 1 N–H and O–H groups in total. The summed E-state index contributed by atoms with van der Waals surface area (Å²) < 4.78 is 1.84. The average Bonchev–Trinajstić information content (AvgIpc) is 2.99. The van der Waals surface area contributed by atoms with Gasteiger partial charge in [-0.1, -0.05) is 12.1 Å². The van der Waals surface area contributed by atoms with Gasteiger partial charge in [-0.3, -0.25) is 0 Å². The van der Waals surface area contributed by atoms with Crippen LogP contribution in [0.2, 0.25) is 0 Å². The van der Waals surface area contributed by atoms with Crippen molar-refractivity contribution >= 4 is 5.95 Å². The molecule has 0 fully saturated rings. The highest BCUT2D eigenvalue weighted by Crippen LogP contribution is 2.10. The molecule has 5 heteroatoms. The number of benzene rings is 1. The minimum Gasteiger partial charge on any atom is -0.350 e. The summed E-state index contributed by atoms with van der Waals surface area (Å²) >= 11 is 0. The van der Waals surface area contributed by atoms with Crippen LogP contribution in [0.4, 0.5) is 5.95 Å². The SMILES string of the molecule is Cc1cc(C)nc(NCc2ccc(-n3cccn3)cc2)n1. The first-order valence-corrected chi connectivity index (χ1v) is 6.86. The van der Waals surface area contributed by atoms with Gasteiger partial charge >= 0.3 is 0 Å². The van der Waals surface area contributed by atoms with E-state index >= 15 is 0 Å². The number of hydrogen-bond donors (Lipinski definition) is 1. The Labute approximate surface area is 123 Å². The minimum absolute atomic E-state index is 0.670. The summed E-state index contributed by atoms with van der Waals surface area (Å²) in [7, 11) is 0. The molecule has 0 aliphatic heterocycles. The van der Waals surface area contributed by atoms with Crippen LogP contribution in [-0.2, 0) is 6.54 Å². The van der Waals surface area contributed by atoms with E-state index in [2.05, 4.69) is 32.5 Å². The van der Waals surface area contributed by atoms with E-state index in [0.717, 1.165) is 17.1 Å². The summed E-state index contributed by atoms with van der Waals surface area (Å²) in [6.45, 7) is 4.64. The topological polar surface area (TPSA) is 55.6 Å². The van der Waals surface area contributed by atoms with Gasteiger partial charge in [-0.05, 0) is 43.7 Å². The first-order valence-electron chi connectivity index (χ1n) is 6.86. The molecule has 2 aromatic heterocycles. The number of aromatic nitrogens is 4. The van der Waals surface area contributed by atoms with E-state index in [1.165, 1.54) is 5.56 Å². The summed E-state index contributed by atoms with van der Waals surface area (Å²) in [4.78, 5) is 8.74. The summed E-state index contributed by atoms with van der Waals surface area (Å²) in [5.74, 6) is 0.670. The zero-order valence-corrected chi connectivity index (χ0v) is 12.1. The lowest BCUT2D eigenvalue weighted by Crippen LogP contribution is -2.05. The third kappa shape index (κ3) is 3.25. The van der Waals surface area contributed by atoms with Gasteiger partial charge in [0.15, 0.2) is 0 Å². The molecular weight excluding hydrogens is 262 g/mol. The molecule has 0 saturated heterocycles. The number of hydrogen-bond acceptors (Lipinski definition) is 4. The van der Waals surface area contributed by atoms with Gasteiger partial charge in [0.25, 0.3) is 0 Å². The van der Waals surface area contributed by atoms with E-state index < -0.39 is 0 Å². The maximum absolute atomic E-state index is 4.37. The third-order valence-electron chi connectivity index (χ3n) is 3.14. The Morgan fingerprint density at radius 2 is 1.76 bits per heavy atom. The molecule has 5 nitrogen and oxygen atoms in total. The molecule has 0 spiro atoms. The molecule has 0 unspecified atom stereocenters. The second-order valence-electron chi connectivity index (χ2n) is 4.94. The first kappa shape index (κ1) is 13.3. The van der Waals surface area contributed by atoms with Gasteiger partial charge in [0, 0.05) is 30.3 Å². The van der Waals surface area contributed by atoms with Crippen LogP contribution in [0.15, 0.2) is 48.8 Å². The zero-order chi connectivity index (χ0) is 14.7. The molecule has 0 radical (unpaired) electrons. The van der Waals surface area contributed by atoms with E-state index in [4.69, 9.17) is 0 Å². The predicted molar refractivity (Wildman–Crippen MR) is 82.4 cm³/mol. The van der Waals surface area contributed by atoms with Gasteiger partial charge in [0.2, 0.25) is 5.95 Å². The molecule has 0 saturated carbocycles. The van der Waals surface area contributed by atoms with Crippen LogP contribution >= 0.6 is 0 Å². The molecule has 0 bridgehead atoms. The molecule has 0 aliphatic carbocycles. The minimum atomic E-state index is 0.670. The van der Waals surface area contributed by atoms with Crippen LogP contribution in [0, 0.1) is 13.8 Å². The molecule has 3 aromatic rings. The van der Waals surface area contributed by atoms with Crippen molar-refractivity contribution in [2.24, 2.45) is 0 Å². The molecule has 3 rings (SSSR count). The molecule has 0 amide bonds. The Kier molecular flexibility index (Phi) is 3.64. The zero-order valence-electron chi connectivity index (χ0n) is 12.1. The van der Waals surface area contributed by atoms with E-state index in [1.54, 1.807) is 6.20 Å². The lowest BCUT2D eigenvalue weighted by molar-refractivity contribution is 0.879. The normalized spacial score (nSPS) is 10.6. The Morgan fingerprint density at radius 1 is 1.05 bits per heavy atom. The third-order valence-corrected chi connectivity index (χ3v) is 3.14. The van der Waals surface area contributed by atoms with Crippen molar-refractivity contribution in [1.82, 2.24) is 19.7 Å². The van der Waals surface area contributed by atoms with Crippen LogP contribution in [0.5, 0.6) is 0 Å². The largest absolute Gasteiger partial charge is 0.350 e. The summed E-state index contributed by atoms with van der Waals surface area (Å²) in [6.07, 6.45) is 3.70. The van der Waals surface area contributed by atoms with Crippen molar-refractivity contribution in [2.75, 3.05) is 5.32 Å². The van der Waals surface area contributed by atoms with Gasteiger partial charge in [0.05, 0.1) is 5.69 Å². The van der Waals surface area contributed by atoms with Gasteiger partial charge in [-0.2, -0.15) is 5.10 Å². The Balaban J connectivity index is 1.68. The highest BCUT2D eigenvalue weighted by Gasteiger charge is 2.00. The molecule has 106 valence electrons. The monoisotopic (exact) mass is 279 g/mol. The van der Waals surface area contributed by atoms with E-state index in [1.807, 2.05) is 49.0 Å². The van der Waals surface area contributed by atoms with Crippen LogP contribution in [0.3, 0.4) is 0 Å². The Hall–Kier alpha value is -2.69. The van der Waals surface area contributed by atoms with E-state index in [0.29, 0.717) is 12.5 Å². The van der Waals surface area contributed by atoms with Crippen LogP contribution in [0.25, 0.3) is 5.69 Å². The van der Waals surface area contributed by atoms with Crippen molar-refractivity contribution in [3.63, 3.8) is 0 Å². The average molecular weight is 279 g/mol. The Morgan fingerprint density at radius 3 is 2.38 bits per heavy atom. The van der Waals surface area contributed by atoms with Crippen LogP contribution < -0.4 is 5.32 Å². The molecular formula is C16H17N5. The molecule has 21 heavy (non-hydrogen) atoms. The molecule has 2 heterocycles. The lowest BCUT2D eigenvalue weighted by atomic mass is 10.2. The Bertz CT molecular complexity index is 697. The fraction of sp³-hybridized carbons (Fsp3) is 0.188. The number of nitrogens with one attached hydrogen (secondary N) is 1. The van der Waals surface area contributed by atoms with Gasteiger partial charge in [-0.15, -0.1) is 0 Å². The van der Waals surface area contributed by atoms with Crippen molar-refractivity contribution in [2.45, 2.75) is 20.4 Å². The first-order chi connectivity index (χ1) is 10.2. The highest BCUT2D eigenvalue weighted by molar-refractivity contribution is 5.36. The highest BCUT2D eigenvalue weighted by atomic mass is 15.3. The molecule has 0 atom stereocenters. The van der Waals surface area contributed by atoms with Crippen molar-refractivity contribution in [3.05, 3.63) is 65.7 Å². The quantitative estimate of drug-likeness (QED) is 0.798. The smallest absolute Gasteiger partial charge is 0.223 e. The van der Waals surface area contributed by atoms with E-state index in [9.17, 15) is 0 Å². The summed E-state index contributed by atoms with van der Waals surface area (Å²) in [5, 5.41) is 7.46. The fourth-order valence-electron chi connectivity index (χ4n) is 2.17. The number of aryl methyl sites for hydroxylation is 2. The second kappa shape index (κ2) is 5.75. The van der Waals surface area contributed by atoms with Gasteiger partial charge in [0.1, 0.15) is 0 Å². The van der Waals surface area contributed by atoms with Crippen LogP contribution in [0.1, 0.15) is 17.0 Å². The second-order valence-corrected chi connectivity index (χ2v) is 4.94. The molecule has 0 aliphatic rings. The maximum atomic E-state index is 4.37. The van der Waals surface area contributed by atoms with Gasteiger partial charge in [-0.25, -0.2) is 14.6 Å². The van der Waals surface area contributed by atoms with Gasteiger partial charge < -0.3 is 5.32 Å².